The largest absolute Gasteiger partial charge is 0.475 e. The Morgan fingerprint density at radius 3 is 1.52 bits per heavy atom. The second-order valence-electron chi connectivity index (χ2n) is 16.9. The normalized spacial score (nSPS) is 19.7. The number of benzene rings is 4. The first-order valence-electron chi connectivity index (χ1n) is 23.9. The molecule has 0 aliphatic heterocycles. The molecule has 4 aromatic carbocycles. The molecule has 1 unspecified atom stereocenters. The van der Waals surface area contributed by atoms with Crippen LogP contribution >= 0.6 is 7.82 Å². The Balaban J connectivity index is 1.42. The Kier molecular flexibility index (Phi) is 24.1. The van der Waals surface area contributed by atoms with Crippen LogP contribution in [0.1, 0.15) is 120 Å². The number of aliphatic hydroxyl groups is 1. The number of hydrogen-bond acceptors (Lipinski definition) is 12. The van der Waals surface area contributed by atoms with Crippen molar-refractivity contribution in [3.63, 3.8) is 0 Å². The predicted molar refractivity (Wildman–Crippen MR) is 253 cm³/mol. The lowest BCUT2D eigenvalue weighted by atomic mass is 9.86. The van der Waals surface area contributed by atoms with Gasteiger partial charge >= 0.3 is 19.8 Å². The molecular formula is C53H71O12P. The summed E-state index contributed by atoms with van der Waals surface area (Å²) in [6.45, 7) is 3.74. The highest BCUT2D eigenvalue weighted by Crippen LogP contribution is 2.54. The van der Waals surface area contributed by atoms with Gasteiger partial charge in [-0.1, -0.05) is 187 Å². The molecule has 0 radical (unpaired) electrons. The Bertz CT molecular complexity index is 1950. The first-order chi connectivity index (χ1) is 32.2. The Labute approximate surface area is 392 Å². The van der Waals surface area contributed by atoms with Crippen molar-refractivity contribution in [1.29, 1.82) is 0 Å². The molecule has 0 spiro atoms. The van der Waals surface area contributed by atoms with Gasteiger partial charge in [0.1, 0.15) is 24.9 Å². The maximum absolute atomic E-state index is 15.3. The summed E-state index contributed by atoms with van der Waals surface area (Å²) < 4.78 is 65.1. The molecule has 0 heterocycles. The Morgan fingerprint density at radius 1 is 0.545 bits per heavy atom. The highest BCUT2D eigenvalue weighted by atomic mass is 31.2. The highest BCUT2D eigenvalue weighted by molar-refractivity contribution is 7.48. The maximum Gasteiger partial charge on any atom is 0.475 e. The first-order valence-corrected chi connectivity index (χ1v) is 25.3. The molecule has 360 valence electrons. The molecule has 0 saturated heterocycles. The van der Waals surface area contributed by atoms with Gasteiger partial charge in [-0.2, -0.15) is 0 Å². The van der Waals surface area contributed by atoms with Crippen molar-refractivity contribution in [3.05, 3.63) is 144 Å². The monoisotopic (exact) mass is 930 g/mol. The van der Waals surface area contributed by atoms with E-state index in [-0.39, 0.29) is 52.3 Å². The van der Waals surface area contributed by atoms with Gasteiger partial charge in [-0.05, 0) is 35.1 Å². The number of unbranched alkanes of at least 4 members (excludes halogenated alkanes) is 8. The summed E-state index contributed by atoms with van der Waals surface area (Å²) in [7, 11) is -4.68. The van der Waals surface area contributed by atoms with Crippen molar-refractivity contribution < 1.29 is 56.5 Å². The maximum atomic E-state index is 15.3. The molecule has 66 heavy (non-hydrogen) atoms. The second kappa shape index (κ2) is 30.2. The van der Waals surface area contributed by atoms with Crippen molar-refractivity contribution in [2.75, 3.05) is 13.2 Å². The van der Waals surface area contributed by atoms with Crippen LogP contribution in [0.2, 0.25) is 0 Å². The molecule has 1 fully saturated rings. The lowest BCUT2D eigenvalue weighted by molar-refractivity contribution is -0.220. The van der Waals surface area contributed by atoms with Crippen molar-refractivity contribution in [2.45, 2.75) is 160 Å². The van der Waals surface area contributed by atoms with Crippen LogP contribution in [0.15, 0.2) is 121 Å². The van der Waals surface area contributed by atoms with Crippen molar-refractivity contribution >= 4 is 19.8 Å². The van der Waals surface area contributed by atoms with E-state index in [1.807, 2.05) is 121 Å². The van der Waals surface area contributed by atoms with Gasteiger partial charge < -0.3 is 28.8 Å². The summed E-state index contributed by atoms with van der Waals surface area (Å²) in [5, 5.41) is 12.2. The summed E-state index contributed by atoms with van der Waals surface area (Å²) in [5.41, 5.74) is 3.33. The van der Waals surface area contributed by atoms with Gasteiger partial charge in [-0.3, -0.25) is 23.2 Å². The number of carbonyl (C=O) groups excluding carboxylic acids is 2. The number of aliphatic hydroxyl groups excluding tert-OH is 1. The number of hydrogen-bond donors (Lipinski definition) is 1. The second-order valence-corrected chi connectivity index (χ2v) is 18.5. The number of phosphoric ester groups is 1. The van der Waals surface area contributed by atoms with E-state index in [1.165, 1.54) is 0 Å². The molecule has 13 heteroatoms. The fourth-order valence-corrected chi connectivity index (χ4v) is 9.01. The number of ether oxygens (including phenoxy) is 5. The van der Waals surface area contributed by atoms with E-state index >= 15 is 4.57 Å². The van der Waals surface area contributed by atoms with Gasteiger partial charge in [0.2, 0.25) is 0 Å². The highest BCUT2D eigenvalue weighted by Gasteiger charge is 2.51. The summed E-state index contributed by atoms with van der Waals surface area (Å²) in [4.78, 5) is 26.1. The molecule has 1 N–H and O–H groups in total. The van der Waals surface area contributed by atoms with E-state index in [4.69, 9.17) is 37.3 Å². The number of phosphoric acid groups is 1. The van der Waals surface area contributed by atoms with Crippen LogP contribution in [0.25, 0.3) is 0 Å². The molecule has 1 aliphatic carbocycles. The third-order valence-corrected chi connectivity index (χ3v) is 12.8. The van der Waals surface area contributed by atoms with Crippen molar-refractivity contribution in [1.82, 2.24) is 0 Å². The van der Waals surface area contributed by atoms with E-state index in [2.05, 4.69) is 13.8 Å². The lowest BCUT2D eigenvalue weighted by Crippen LogP contribution is -2.59. The minimum atomic E-state index is -4.68. The fraction of sp³-hybridized carbons (Fsp3) is 0.509. The number of rotatable bonds is 32. The van der Waals surface area contributed by atoms with Crippen LogP contribution in [0.5, 0.6) is 0 Å². The predicted octanol–water partition coefficient (Wildman–Crippen LogP) is 11.4. The van der Waals surface area contributed by atoms with Gasteiger partial charge in [0.15, 0.2) is 6.10 Å². The third kappa shape index (κ3) is 19.5. The molecule has 0 bridgehead atoms. The summed E-state index contributed by atoms with van der Waals surface area (Å²) >= 11 is 0. The summed E-state index contributed by atoms with van der Waals surface area (Å²) in [6, 6.07) is 37.9. The first kappa shape index (κ1) is 52.7. The average Bonchev–Trinajstić information content (AvgIpc) is 3.34. The smallest absolute Gasteiger partial charge is 0.462 e. The standard InChI is InChI=1S/C53H71O12P/c1-3-5-7-9-23-33-49(54)60-40-46(64-50(55)34-24-10-8-6-4-2)41-63-66(57,62-39-45-31-21-14-22-32-45)65-52-48(59-37-43-27-17-12-18-28-43)35-47(58-36-42-25-15-11-16-26-42)51(56)53(52)61-38-44-29-19-13-20-30-44/h11-22,25-32,46-48,51-53,56H,3-10,23-24,33-41H2,1-2H3/t46-,47-,48-,51+,52-,53-,66?/m1/s1. The number of esters is 2. The molecule has 1 aliphatic rings. The van der Waals surface area contributed by atoms with Crippen molar-refractivity contribution in [3.8, 4) is 0 Å². The van der Waals surface area contributed by atoms with Gasteiger partial charge in [0.05, 0.1) is 45.2 Å². The van der Waals surface area contributed by atoms with E-state index in [1.54, 1.807) is 0 Å². The third-order valence-electron chi connectivity index (χ3n) is 11.4. The molecular weight excluding hydrogens is 860 g/mol. The van der Waals surface area contributed by atoms with Gasteiger partial charge in [0.25, 0.3) is 0 Å². The van der Waals surface area contributed by atoms with E-state index in [0.29, 0.717) is 18.4 Å². The van der Waals surface area contributed by atoms with Gasteiger partial charge in [-0.15, -0.1) is 0 Å². The van der Waals surface area contributed by atoms with Crippen LogP contribution in [-0.4, -0.2) is 66.9 Å². The van der Waals surface area contributed by atoms with E-state index in [9.17, 15) is 14.7 Å². The molecule has 1 saturated carbocycles. The van der Waals surface area contributed by atoms with E-state index in [0.717, 1.165) is 68.1 Å². The Hall–Kier alpha value is -4.23. The zero-order chi connectivity index (χ0) is 46.7. The molecule has 7 atom stereocenters. The minimum Gasteiger partial charge on any atom is -0.462 e. The van der Waals surface area contributed by atoms with Crippen LogP contribution < -0.4 is 0 Å². The summed E-state index contributed by atoms with van der Waals surface area (Å²) in [5.74, 6) is -0.915. The minimum absolute atomic E-state index is 0.0791. The molecule has 0 amide bonds. The van der Waals surface area contributed by atoms with Gasteiger partial charge in [-0.25, -0.2) is 4.57 Å². The molecule has 5 rings (SSSR count). The Morgan fingerprint density at radius 2 is 1.00 bits per heavy atom. The SMILES string of the molecule is CCCCCCCC(=O)OC[C@H](COP(=O)(OCc1ccccc1)O[C@H]1[C@H](OCc2ccccc2)[C@@H](O)[C@H](OCc2ccccc2)C[C@H]1OCc1ccccc1)OC(=O)CCCCCCC. The summed E-state index contributed by atoms with van der Waals surface area (Å²) in [6.07, 6.45) is 3.60. The van der Waals surface area contributed by atoms with Crippen LogP contribution in [-0.2, 0) is 77.8 Å². The zero-order valence-electron chi connectivity index (χ0n) is 38.8. The van der Waals surface area contributed by atoms with E-state index < -0.39 is 63.0 Å². The fourth-order valence-electron chi connectivity index (χ4n) is 7.61. The quantitative estimate of drug-likeness (QED) is 0.0283. The lowest BCUT2D eigenvalue weighted by Gasteiger charge is -2.44. The average molecular weight is 931 g/mol. The zero-order valence-corrected chi connectivity index (χ0v) is 39.7. The van der Waals surface area contributed by atoms with Crippen LogP contribution in [0, 0.1) is 0 Å². The van der Waals surface area contributed by atoms with Crippen LogP contribution in [0.3, 0.4) is 0 Å². The molecule has 4 aromatic rings. The van der Waals surface area contributed by atoms with Crippen molar-refractivity contribution in [2.24, 2.45) is 0 Å². The van der Waals surface area contributed by atoms with Crippen LogP contribution in [0.4, 0.5) is 0 Å². The number of carbonyl (C=O) groups is 2. The topological polar surface area (TPSA) is 145 Å². The molecule has 12 nitrogen and oxygen atoms in total. The van der Waals surface area contributed by atoms with Gasteiger partial charge in [0, 0.05) is 19.3 Å². The molecule has 0 aromatic heterocycles.